The van der Waals surface area contributed by atoms with Crippen LogP contribution in [0, 0.1) is 5.82 Å². The third-order valence-electron chi connectivity index (χ3n) is 5.07. The Morgan fingerprint density at radius 3 is 2.55 bits per heavy atom. The Balaban J connectivity index is 1.56. The van der Waals surface area contributed by atoms with Gasteiger partial charge in [-0.2, -0.15) is 0 Å². The van der Waals surface area contributed by atoms with Gasteiger partial charge in [-0.05, 0) is 30.5 Å². The van der Waals surface area contributed by atoms with E-state index in [4.69, 9.17) is 0 Å². The smallest absolute Gasteiger partial charge is 0.230 e. The van der Waals surface area contributed by atoms with Gasteiger partial charge in [-0.3, -0.25) is 9.36 Å². The molecule has 0 unspecified atom stereocenters. The average Bonchev–Trinajstić information content (AvgIpc) is 3.38. The Morgan fingerprint density at radius 1 is 1.07 bits per heavy atom. The van der Waals surface area contributed by atoms with Crippen molar-refractivity contribution in [1.82, 2.24) is 20.1 Å². The minimum absolute atomic E-state index is 0.00334. The van der Waals surface area contributed by atoms with E-state index in [-0.39, 0.29) is 17.5 Å². The van der Waals surface area contributed by atoms with Crippen molar-refractivity contribution in [3.05, 3.63) is 66.0 Å². The number of aromatic nitrogens is 3. The number of halogens is 1. The van der Waals surface area contributed by atoms with Gasteiger partial charge < -0.3 is 5.32 Å². The highest BCUT2D eigenvalue weighted by atomic mass is 32.2. The Kier molecular flexibility index (Phi) is 6.24. The molecular weight excluding hydrogens is 387 g/mol. The van der Waals surface area contributed by atoms with Crippen LogP contribution < -0.4 is 5.32 Å². The number of thioether (sulfide) groups is 1. The molecule has 1 heterocycles. The maximum absolute atomic E-state index is 14.4. The predicted octanol–water partition coefficient (Wildman–Crippen LogP) is 4.28. The number of benzene rings is 2. The Bertz CT molecular complexity index is 970. The molecule has 150 valence electrons. The molecule has 4 rings (SSSR count). The van der Waals surface area contributed by atoms with Gasteiger partial charge in [0.1, 0.15) is 5.82 Å². The highest BCUT2D eigenvalue weighted by Gasteiger charge is 2.20. The summed E-state index contributed by atoms with van der Waals surface area (Å²) in [6, 6.07) is 16.7. The van der Waals surface area contributed by atoms with Crippen LogP contribution in [0.4, 0.5) is 4.39 Å². The molecule has 0 atom stereocenters. The molecule has 1 saturated carbocycles. The van der Waals surface area contributed by atoms with E-state index >= 15 is 0 Å². The fourth-order valence-electron chi connectivity index (χ4n) is 3.62. The van der Waals surface area contributed by atoms with Crippen molar-refractivity contribution in [2.24, 2.45) is 0 Å². The summed E-state index contributed by atoms with van der Waals surface area (Å²) in [5, 5.41) is 12.2. The van der Waals surface area contributed by atoms with Crippen LogP contribution in [0.5, 0.6) is 0 Å². The fraction of sp³-hybridized carbons (Fsp3) is 0.318. The van der Waals surface area contributed by atoms with Crippen molar-refractivity contribution < 1.29 is 9.18 Å². The highest BCUT2D eigenvalue weighted by Crippen LogP contribution is 2.27. The molecule has 29 heavy (non-hydrogen) atoms. The van der Waals surface area contributed by atoms with Gasteiger partial charge in [-0.1, -0.05) is 67.1 Å². The standard InChI is InChI=1S/C22H23FN4OS/c23-19-13-7-6-12-18(19)21-25-26-22(27(21)14-16-8-2-1-3-9-16)29-15-20(28)24-17-10-4-5-11-17/h1-3,6-9,12-13,17H,4-5,10-11,14-15H2,(H,24,28). The van der Waals surface area contributed by atoms with Gasteiger partial charge in [0.05, 0.1) is 17.9 Å². The molecule has 0 bridgehead atoms. The van der Waals surface area contributed by atoms with Crippen molar-refractivity contribution >= 4 is 17.7 Å². The molecule has 0 spiro atoms. The minimum atomic E-state index is -0.343. The number of hydrogen-bond acceptors (Lipinski definition) is 4. The van der Waals surface area contributed by atoms with Crippen LogP contribution in [-0.2, 0) is 11.3 Å². The lowest BCUT2D eigenvalue weighted by molar-refractivity contribution is -0.119. The SMILES string of the molecule is O=C(CSc1nnc(-c2ccccc2F)n1Cc1ccccc1)NC1CCCC1. The van der Waals surface area contributed by atoms with Crippen LogP contribution in [0.15, 0.2) is 59.8 Å². The van der Waals surface area contributed by atoms with Crippen molar-refractivity contribution in [2.75, 3.05) is 5.75 Å². The summed E-state index contributed by atoms with van der Waals surface area (Å²) in [6.07, 6.45) is 4.46. The van der Waals surface area contributed by atoms with Crippen molar-refractivity contribution in [3.8, 4) is 11.4 Å². The fourth-order valence-corrected chi connectivity index (χ4v) is 4.36. The minimum Gasteiger partial charge on any atom is -0.353 e. The zero-order valence-electron chi connectivity index (χ0n) is 16.1. The monoisotopic (exact) mass is 410 g/mol. The van der Waals surface area contributed by atoms with Crippen LogP contribution in [0.25, 0.3) is 11.4 Å². The number of carbonyl (C=O) groups excluding carboxylic acids is 1. The molecule has 1 N–H and O–H groups in total. The number of nitrogens with zero attached hydrogens (tertiary/aromatic N) is 3. The maximum atomic E-state index is 14.4. The first-order valence-electron chi connectivity index (χ1n) is 9.85. The van der Waals surface area contributed by atoms with Crippen LogP contribution in [0.3, 0.4) is 0 Å². The van der Waals surface area contributed by atoms with Crippen molar-refractivity contribution in [3.63, 3.8) is 0 Å². The van der Waals surface area contributed by atoms with Crippen LogP contribution in [0.1, 0.15) is 31.2 Å². The number of nitrogens with one attached hydrogen (secondary N) is 1. The molecule has 5 nitrogen and oxygen atoms in total. The third kappa shape index (κ3) is 4.85. The highest BCUT2D eigenvalue weighted by molar-refractivity contribution is 7.99. The second-order valence-electron chi connectivity index (χ2n) is 7.20. The predicted molar refractivity (Wildman–Crippen MR) is 112 cm³/mol. The largest absolute Gasteiger partial charge is 0.353 e. The van der Waals surface area contributed by atoms with Gasteiger partial charge in [0.15, 0.2) is 11.0 Å². The summed E-state index contributed by atoms with van der Waals surface area (Å²) in [5.74, 6) is 0.389. The topological polar surface area (TPSA) is 59.8 Å². The number of amides is 1. The van der Waals surface area contributed by atoms with Crippen LogP contribution in [0.2, 0.25) is 0 Å². The summed E-state index contributed by atoms with van der Waals surface area (Å²) in [6.45, 7) is 0.504. The van der Waals surface area contributed by atoms with Crippen LogP contribution in [-0.4, -0.2) is 32.5 Å². The summed E-state index contributed by atoms with van der Waals surface area (Å²) in [4.78, 5) is 12.3. The molecule has 1 aliphatic carbocycles. The molecule has 7 heteroatoms. The first-order chi connectivity index (χ1) is 14.2. The van der Waals surface area contributed by atoms with E-state index in [1.54, 1.807) is 18.2 Å². The second-order valence-corrected chi connectivity index (χ2v) is 8.14. The number of rotatable bonds is 7. The first-order valence-corrected chi connectivity index (χ1v) is 10.8. The van der Waals surface area contributed by atoms with E-state index in [1.807, 2.05) is 34.9 Å². The molecular formula is C22H23FN4OS. The average molecular weight is 411 g/mol. The lowest BCUT2D eigenvalue weighted by Crippen LogP contribution is -2.33. The van der Waals surface area contributed by atoms with Gasteiger partial charge in [0.2, 0.25) is 5.91 Å². The van der Waals surface area contributed by atoms with E-state index < -0.39 is 0 Å². The van der Waals surface area contributed by atoms with E-state index in [0.717, 1.165) is 18.4 Å². The van der Waals surface area contributed by atoms with Gasteiger partial charge in [-0.25, -0.2) is 4.39 Å². The molecule has 2 aromatic carbocycles. The molecule has 1 aliphatic rings. The molecule has 1 fully saturated rings. The van der Waals surface area contributed by atoms with E-state index in [1.165, 1.54) is 30.7 Å². The maximum Gasteiger partial charge on any atom is 0.230 e. The molecule has 1 amide bonds. The lowest BCUT2D eigenvalue weighted by atomic mass is 10.2. The first kappa shape index (κ1) is 19.6. The van der Waals surface area contributed by atoms with E-state index in [0.29, 0.717) is 29.1 Å². The summed E-state index contributed by atoms with van der Waals surface area (Å²) in [7, 11) is 0. The zero-order valence-corrected chi connectivity index (χ0v) is 16.9. The van der Waals surface area contributed by atoms with Gasteiger partial charge in [0.25, 0.3) is 0 Å². The van der Waals surface area contributed by atoms with E-state index in [9.17, 15) is 9.18 Å². The van der Waals surface area contributed by atoms with Gasteiger partial charge >= 0.3 is 0 Å². The van der Waals surface area contributed by atoms with Crippen LogP contribution >= 0.6 is 11.8 Å². The Labute approximate surface area is 173 Å². The van der Waals surface area contributed by atoms with Crippen molar-refractivity contribution in [1.29, 1.82) is 0 Å². The number of carbonyl (C=O) groups is 1. The Morgan fingerprint density at radius 2 is 1.79 bits per heavy atom. The molecule has 0 aliphatic heterocycles. The quantitative estimate of drug-likeness (QED) is 0.591. The van der Waals surface area contributed by atoms with Crippen molar-refractivity contribution in [2.45, 2.75) is 43.4 Å². The Hall–Kier alpha value is -2.67. The molecule has 0 radical (unpaired) electrons. The normalized spacial score (nSPS) is 14.2. The number of hydrogen-bond donors (Lipinski definition) is 1. The zero-order chi connectivity index (χ0) is 20.1. The lowest BCUT2D eigenvalue weighted by Gasteiger charge is -2.13. The second kappa shape index (κ2) is 9.22. The van der Waals surface area contributed by atoms with Gasteiger partial charge in [-0.15, -0.1) is 10.2 Å². The van der Waals surface area contributed by atoms with Gasteiger partial charge in [0, 0.05) is 6.04 Å². The molecule has 3 aromatic rings. The molecule has 0 saturated heterocycles. The van der Waals surface area contributed by atoms with E-state index in [2.05, 4.69) is 15.5 Å². The summed E-state index contributed by atoms with van der Waals surface area (Å²) < 4.78 is 16.3. The summed E-state index contributed by atoms with van der Waals surface area (Å²) >= 11 is 1.33. The third-order valence-corrected chi connectivity index (χ3v) is 6.03. The molecule has 1 aromatic heterocycles. The summed E-state index contributed by atoms with van der Waals surface area (Å²) in [5.41, 5.74) is 1.46.